The van der Waals surface area contributed by atoms with Gasteiger partial charge in [0.1, 0.15) is 6.61 Å². The van der Waals surface area contributed by atoms with Crippen molar-refractivity contribution in [3.05, 3.63) is 77.1 Å². The molecule has 1 aliphatic heterocycles. The molecule has 2 aliphatic rings. The molecule has 0 amide bonds. The number of aryl methyl sites for hydroxylation is 1. The summed E-state index contributed by atoms with van der Waals surface area (Å²) in [5, 5.41) is 0. The number of benzene rings is 2. The summed E-state index contributed by atoms with van der Waals surface area (Å²) < 4.78 is 22.3. The standard InChI is InChI=1S/C21H19FN2O/c22-17-10-16-8-9-18-21(15-6-7-15)23-13-24(18)19(16)11-20(17)25-12-14-4-2-1-3-5-14/h1-5,10-11,13,15H,6-9,12H2. The SMILES string of the molecule is Fc1cc2c(cc1OCc1ccccc1)-n1cnc(C3CC3)c1CC2. The van der Waals surface area contributed by atoms with Crippen molar-refractivity contribution in [2.45, 2.75) is 38.2 Å². The minimum Gasteiger partial charge on any atom is -0.486 e. The minimum atomic E-state index is -0.291. The van der Waals surface area contributed by atoms with E-state index in [1.54, 1.807) is 6.07 Å². The average molecular weight is 334 g/mol. The number of fused-ring (bicyclic) bond motifs is 3. The number of imidazole rings is 1. The van der Waals surface area contributed by atoms with E-state index in [0.29, 0.717) is 18.3 Å². The van der Waals surface area contributed by atoms with Gasteiger partial charge in [0, 0.05) is 17.7 Å². The van der Waals surface area contributed by atoms with Gasteiger partial charge < -0.3 is 9.30 Å². The molecular formula is C21H19FN2O. The molecule has 0 unspecified atom stereocenters. The summed E-state index contributed by atoms with van der Waals surface area (Å²) in [6.45, 7) is 0.362. The van der Waals surface area contributed by atoms with Crippen LogP contribution in [0, 0.1) is 5.82 Å². The van der Waals surface area contributed by atoms with Crippen molar-refractivity contribution in [2.24, 2.45) is 0 Å². The first kappa shape index (κ1) is 14.7. The molecule has 0 spiro atoms. The van der Waals surface area contributed by atoms with Gasteiger partial charge in [-0.1, -0.05) is 30.3 Å². The molecule has 126 valence electrons. The lowest BCUT2D eigenvalue weighted by Crippen LogP contribution is -2.13. The third kappa shape index (κ3) is 2.62. The molecule has 2 heterocycles. The van der Waals surface area contributed by atoms with Gasteiger partial charge in [0.2, 0.25) is 0 Å². The average Bonchev–Trinajstić information content (AvgIpc) is 3.39. The number of aromatic nitrogens is 2. The Balaban J connectivity index is 1.48. The van der Waals surface area contributed by atoms with Gasteiger partial charge in [0.15, 0.2) is 11.6 Å². The first-order valence-corrected chi connectivity index (χ1v) is 8.85. The Morgan fingerprint density at radius 1 is 1.12 bits per heavy atom. The second-order valence-corrected chi connectivity index (χ2v) is 6.91. The normalized spacial score (nSPS) is 15.6. The van der Waals surface area contributed by atoms with Crippen LogP contribution in [0.5, 0.6) is 5.75 Å². The van der Waals surface area contributed by atoms with E-state index in [1.807, 2.05) is 42.7 Å². The monoisotopic (exact) mass is 334 g/mol. The van der Waals surface area contributed by atoms with Gasteiger partial charge in [-0.15, -0.1) is 0 Å². The zero-order valence-electron chi connectivity index (χ0n) is 13.9. The minimum absolute atomic E-state index is 0.291. The van der Waals surface area contributed by atoms with E-state index in [9.17, 15) is 4.39 Å². The first-order valence-electron chi connectivity index (χ1n) is 8.85. The van der Waals surface area contributed by atoms with Crippen LogP contribution in [0.1, 0.15) is 41.3 Å². The van der Waals surface area contributed by atoms with Crippen molar-refractivity contribution in [3.8, 4) is 11.4 Å². The largest absolute Gasteiger partial charge is 0.486 e. The van der Waals surface area contributed by atoms with Gasteiger partial charge >= 0.3 is 0 Å². The van der Waals surface area contributed by atoms with E-state index in [0.717, 1.165) is 29.7 Å². The highest BCUT2D eigenvalue weighted by Gasteiger charge is 2.31. The molecule has 0 atom stereocenters. The highest BCUT2D eigenvalue weighted by atomic mass is 19.1. The molecule has 1 saturated carbocycles. The molecule has 1 aliphatic carbocycles. The summed E-state index contributed by atoms with van der Waals surface area (Å²) in [6.07, 6.45) is 6.16. The maximum Gasteiger partial charge on any atom is 0.165 e. The summed E-state index contributed by atoms with van der Waals surface area (Å²) in [6, 6.07) is 13.3. The molecule has 0 radical (unpaired) electrons. The lowest BCUT2D eigenvalue weighted by atomic mass is 9.99. The fraction of sp³-hybridized carbons (Fsp3) is 0.286. The summed E-state index contributed by atoms with van der Waals surface area (Å²) in [5.41, 5.74) is 5.58. The van der Waals surface area contributed by atoms with Gasteiger partial charge in [0.05, 0.1) is 17.7 Å². The predicted molar refractivity (Wildman–Crippen MR) is 93.7 cm³/mol. The van der Waals surface area contributed by atoms with E-state index >= 15 is 0 Å². The topological polar surface area (TPSA) is 27.1 Å². The molecule has 2 aromatic carbocycles. The Morgan fingerprint density at radius 3 is 2.76 bits per heavy atom. The van der Waals surface area contributed by atoms with Gasteiger partial charge in [-0.25, -0.2) is 9.37 Å². The van der Waals surface area contributed by atoms with Crippen molar-refractivity contribution in [1.82, 2.24) is 9.55 Å². The first-order chi connectivity index (χ1) is 12.3. The Morgan fingerprint density at radius 2 is 1.96 bits per heavy atom. The maximum absolute atomic E-state index is 14.4. The van der Waals surface area contributed by atoms with E-state index in [-0.39, 0.29) is 5.82 Å². The van der Waals surface area contributed by atoms with Crippen molar-refractivity contribution < 1.29 is 9.13 Å². The van der Waals surface area contributed by atoms with Gasteiger partial charge in [-0.2, -0.15) is 0 Å². The van der Waals surface area contributed by atoms with Crippen LogP contribution in [0.15, 0.2) is 48.8 Å². The zero-order valence-corrected chi connectivity index (χ0v) is 13.9. The van der Waals surface area contributed by atoms with Crippen LogP contribution < -0.4 is 4.74 Å². The number of halogens is 1. The van der Waals surface area contributed by atoms with E-state index in [4.69, 9.17) is 4.74 Å². The van der Waals surface area contributed by atoms with Gasteiger partial charge in [-0.05, 0) is 42.9 Å². The molecule has 25 heavy (non-hydrogen) atoms. The lowest BCUT2D eigenvalue weighted by Gasteiger charge is -2.21. The van der Waals surface area contributed by atoms with Crippen molar-refractivity contribution >= 4 is 0 Å². The van der Waals surface area contributed by atoms with Crippen molar-refractivity contribution in [2.75, 3.05) is 0 Å². The molecule has 0 N–H and O–H groups in total. The molecule has 3 nitrogen and oxygen atoms in total. The highest BCUT2D eigenvalue weighted by molar-refractivity contribution is 5.51. The summed E-state index contributed by atoms with van der Waals surface area (Å²) in [5.74, 6) is 0.643. The fourth-order valence-electron chi connectivity index (χ4n) is 3.65. The predicted octanol–water partition coefficient (Wildman–Crippen LogP) is 4.57. The van der Waals surface area contributed by atoms with Crippen molar-refractivity contribution in [3.63, 3.8) is 0 Å². The second-order valence-electron chi connectivity index (χ2n) is 6.91. The van der Waals surface area contributed by atoms with Crippen LogP contribution in [0.25, 0.3) is 5.69 Å². The Hall–Kier alpha value is -2.62. The number of rotatable bonds is 4. The number of nitrogens with zero attached hydrogens (tertiary/aromatic N) is 2. The van der Waals surface area contributed by atoms with Crippen LogP contribution in [-0.4, -0.2) is 9.55 Å². The third-order valence-corrected chi connectivity index (χ3v) is 5.12. The Kier molecular flexibility index (Phi) is 3.37. The maximum atomic E-state index is 14.4. The Bertz CT molecular complexity index is 929. The Labute approximate surface area is 146 Å². The van der Waals surface area contributed by atoms with E-state index in [2.05, 4.69) is 9.55 Å². The molecule has 3 aromatic rings. The highest BCUT2D eigenvalue weighted by Crippen LogP contribution is 2.43. The van der Waals surface area contributed by atoms with Crippen LogP contribution in [0.3, 0.4) is 0 Å². The van der Waals surface area contributed by atoms with Crippen LogP contribution in [-0.2, 0) is 19.4 Å². The summed E-state index contributed by atoms with van der Waals surface area (Å²) >= 11 is 0. The number of hydrogen-bond acceptors (Lipinski definition) is 2. The van der Waals surface area contributed by atoms with Gasteiger partial charge in [0.25, 0.3) is 0 Å². The molecule has 4 heteroatoms. The molecule has 1 fully saturated rings. The number of hydrogen-bond donors (Lipinski definition) is 0. The fourth-order valence-corrected chi connectivity index (χ4v) is 3.65. The third-order valence-electron chi connectivity index (χ3n) is 5.12. The molecule has 5 rings (SSSR count). The van der Waals surface area contributed by atoms with E-state index in [1.165, 1.54) is 24.2 Å². The smallest absolute Gasteiger partial charge is 0.165 e. The lowest BCUT2D eigenvalue weighted by molar-refractivity contribution is 0.290. The van der Waals surface area contributed by atoms with Gasteiger partial charge in [-0.3, -0.25) is 0 Å². The molecule has 1 aromatic heterocycles. The molecular weight excluding hydrogens is 315 g/mol. The van der Waals surface area contributed by atoms with E-state index < -0.39 is 0 Å². The van der Waals surface area contributed by atoms with Crippen LogP contribution in [0.4, 0.5) is 4.39 Å². The van der Waals surface area contributed by atoms with Crippen molar-refractivity contribution in [1.29, 1.82) is 0 Å². The molecule has 0 bridgehead atoms. The summed E-state index contributed by atoms with van der Waals surface area (Å²) in [4.78, 5) is 4.63. The quantitative estimate of drug-likeness (QED) is 0.699. The zero-order chi connectivity index (χ0) is 16.8. The van der Waals surface area contributed by atoms with Crippen LogP contribution in [0.2, 0.25) is 0 Å². The summed E-state index contributed by atoms with van der Waals surface area (Å²) in [7, 11) is 0. The number of ether oxygens (including phenoxy) is 1. The molecule has 0 saturated heterocycles. The van der Waals surface area contributed by atoms with Crippen LogP contribution >= 0.6 is 0 Å². The second kappa shape index (κ2) is 5.73.